The highest BCUT2D eigenvalue weighted by Crippen LogP contribution is 2.38. The summed E-state index contributed by atoms with van der Waals surface area (Å²) in [5.74, 6) is 0.588. The van der Waals surface area contributed by atoms with Gasteiger partial charge in [0.25, 0.3) is 10.0 Å². The Kier molecular flexibility index (Phi) is 6.66. The van der Waals surface area contributed by atoms with Crippen LogP contribution in [-0.2, 0) is 29.9 Å². The summed E-state index contributed by atoms with van der Waals surface area (Å²) < 4.78 is 34.3. The normalized spacial score (nSPS) is 17.5. The molecule has 0 saturated carbocycles. The number of benzene rings is 2. The van der Waals surface area contributed by atoms with E-state index in [0.717, 1.165) is 16.7 Å². The smallest absolute Gasteiger partial charge is 0.404 e. The topological polar surface area (TPSA) is 123 Å². The third-order valence-electron chi connectivity index (χ3n) is 5.67. The zero-order valence-electron chi connectivity index (χ0n) is 18.1. The molecule has 10 heteroatoms. The van der Waals surface area contributed by atoms with Crippen molar-refractivity contribution < 1.29 is 23.1 Å². The van der Waals surface area contributed by atoms with Crippen molar-refractivity contribution in [3.8, 4) is 5.75 Å². The maximum absolute atomic E-state index is 12.3. The van der Waals surface area contributed by atoms with Crippen LogP contribution in [0.3, 0.4) is 0 Å². The first-order chi connectivity index (χ1) is 15.8. The van der Waals surface area contributed by atoms with Crippen molar-refractivity contribution in [2.75, 3.05) is 13.2 Å². The second kappa shape index (κ2) is 9.63. The van der Waals surface area contributed by atoms with Crippen LogP contribution in [0.5, 0.6) is 5.75 Å². The summed E-state index contributed by atoms with van der Waals surface area (Å²) in [5, 5.41) is 11.9. The average molecular weight is 471 g/mol. The minimum absolute atomic E-state index is 0.0234. The molecular weight excluding hydrogens is 444 g/mol. The average Bonchev–Trinajstić information content (AvgIpc) is 3.36. The lowest BCUT2D eigenvalue weighted by atomic mass is 9.91. The van der Waals surface area contributed by atoms with Crippen molar-refractivity contribution in [2.45, 2.75) is 29.8 Å². The maximum atomic E-state index is 12.3. The van der Waals surface area contributed by atoms with E-state index >= 15 is 0 Å². The quantitative estimate of drug-likeness (QED) is 0.413. The molecule has 4 rings (SSSR count). The Bertz CT molecular complexity index is 1230. The van der Waals surface area contributed by atoms with E-state index in [4.69, 9.17) is 4.74 Å². The summed E-state index contributed by atoms with van der Waals surface area (Å²) in [6.07, 6.45) is 3.13. The number of carboxylic acid groups (broad SMARTS) is 1. The number of rotatable bonds is 9. The van der Waals surface area contributed by atoms with Gasteiger partial charge in [-0.15, -0.1) is 0 Å². The predicted molar refractivity (Wildman–Crippen MR) is 122 cm³/mol. The van der Waals surface area contributed by atoms with E-state index in [1.165, 1.54) is 12.5 Å². The Morgan fingerprint density at radius 1 is 1.24 bits per heavy atom. The summed E-state index contributed by atoms with van der Waals surface area (Å²) in [7, 11) is -1.99. The van der Waals surface area contributed by atoms with Gasteiger partial charge in [-0.3, -0.25) is 0 Å². The van der Waals surface area contributed by atoms with E-state index in [2.05, 4.69) is 15.0 Å². The fourth-order valence-corrected chi connectivity index (χ4v) is 5.16. The number of carbonyl (C=O) groups is 1. The van der Waals surface area contributed by atoms with E-state index in [0.29, 0.717) is 18.6 Å². The van der Waals surface area contributed by atoms with E-state index in [9.17, 15) is 18.3 Å². The molecule has 3 aromatic rings. The van der Waals surface area contributed by atoms with Gasteiger partial charge >= 0.3 is 6.09 Å². The van der Waals surface area contributed by atoms with Gasteiger partial charge in [-0.1, -0.05) is 36.4 Å². The summed E-state index contributed by atoms with van der Waals surface area (Å²) >= 11 is 0. The fourth-order valence-electron chi connectivity index (χ4n) is 4.17. The minimum atomic E-state index is -3.69. The van der Waals surface area contributed by atoms with Gasteiger partial charge in [0.15, 0.2) is 5.03 Å². The number of imidazole rings is 1. The molecule has 2 atom stereocenters. The zero-order valence-corrected chi connectivity index (χ0v) is 19.0. The molecule has 1 aromatic heterocycles. The number of nitrogens with zero attached hydrogens (tertiary/aromatic N) is 2. The summed E-state index contributed by atoms with van der Waals surface area (Å²) in [4.78, 5) is 15.2. The Morgan fingerprint density at radius 2 is 2.03 bits per heavy atom. The van der Waals surface area contributed by atoms with Gasteiger partial charge < -0.3 is 19.7 Å². The number of aromatic nitrogens is 2. The summed E-state index contributed by atoms with van der Waals surface area (Å²) in [6.45, 7) is 0.234. The van der Waals surface area contributed by atoms with Crippen LogP contribution in [0.4, 0.5) is 4.79 Å². The van der Waals surface area contributed by atoms with Crippen LogP contribution in [0, 0.1) is 0 Å². The van der Waals surface area contributed by atoms with Gasteiger partial charge in [-0.05, 0) is 41.7 Å². The lowest BCUT2D eigenvalue weighted by molar-refractivity contribution is 0.188. The van der Waals surface area contributed by atoms with Crippen molar-refractivity contribution in [1.29, 1.82) is 0 Å². The number of hydrogen-bond donors (Lipinski definition) is 3. The van der Waals surface area contributed by atoms with Crippen molar-refractivity contribution >= 4 is 16.1 Å². The predicted octanol–water partition coefficient (Wildman–Crippen LogP) is 2.30. The third kappa shape index (κ3) is 5.52. The van der Waals surface area contributed by atoms with Crippen LogP contribution in [0.25, 0.3) is 0 Å². The molecule has 1 aliphatic rings. The van der Waals surface area contributed by atoms with Gasteiger partial charge in [0.2, 0.25) is 0 Å². The number of sulfonamides is 1. The van der Waals surface area contributed by atoms with Crippen LogP contribution in [0.2, 0.25) is 0 Å². The molecule has 2 aromatic carbocycles. The molecule has 0 aliphatic heterocycles. The number of nitrogens with one attached hydrogen (secondary N) is 2. The highest BCUT2D eigenvalue weighted by Gasteiger charge is 2.34. The van der Waals surface area contributed by atoms with E-state index in [-0.39, 0.29) is 30.1 Å². The second-order valence-corrected chi connectivity index (χ2v) is 9.75. The lowest BCUT2D eigenvalue weighted by Crippen LogP contribution is -2.37. The monoisotopic (exact) mass is 470 g/mol. The zero-order chi connectivity index (χ0) is 23.4. The molecule has 0 bridgehead atoms. The highest BCUT2D eigenvalue weighted by molar-refractivity contribution is 7.89. The van der Waals surface area contributed by atoms with Gasteiger partial charge in [0.05, 0.1) is 6.33 Å². The van der Waals surface area contributed by atoms with Gasteiger partial charge in [0.1, 0.15) is 12.4 Å². The molecule has 1 amide bonds. The first kappa shape index (κ1) is 22.8. The number of aryl methyl sites for hydroxylation is 1. The number of amides is 1. The SMILES string of the molecule is Cn1cnc(S(=O)(=O)NCCOc2ccc3c(c2)C(Cc2ccccc2)C(NC(=O)O)C3)c1. The maximum Gasteiger partial charge on any atom is 0.404 e. The first-order valence-corrected chi connectivity index (χ1v) is 12.1. The molecule has 3 N–H and O–H groups in total. The van der Waals surface area contributed by atoms with Crippen molar-refractivity contribution in [3.05, 3.63) is 77.7 Å². The molecular formula is C23H26N4O5S. The van der Waals surface area contributed by atoms with Gasteiger partial charge in [0, 0.05) is 31.7 Å². The summed E-state index contributed by atoms with van der Waals surface area (Å²) in [6, 6.07) is 15.4. The van der Waals surface area contributed by atoms with Gasteiger partial charge in [-0.2, -0.15) is 0 Å². The highest BCUT2D eigenvalue weighted by atomic mass is 32.2. The molecule has 0 fully saturated rings. The largest absolute Gasteiger partial charge is 0.492 e. The molecule has 9 nitrogen and oxygen atoms in total. The van der Waals surface area contributed by atoms with Crippen LogP contribution >= 0.6 is 0 Å². The molecule has 33 heavy (non-hydrogen) atoms. The first-order valence-electron chi connectivity index (χ1n) is 10.6. The number of ether oxygens (including phenoxy) is 1. The molecule has 1 aliphatic carbocycles. The standard InChI is InChI=1S/C23H26N4O5S/c1-27-14-22(24-15-27)33(30,31)25-9-10-32-18-8-7-17-12-21(26-23(28)29)20(19(17)13-18)11-16-5-3-2-4-6-16/h2-8,13-15,20-21,25-26H,9-12H2,1H3,(H,28,29). The fraction of sp³-hybridized carbons (Fsp3) is 0.304. The van der Waals surface area contributed by atoms with Gasteiger partial charge in [-0.25, -0.2) is 22.9 Å². The number of hydrogen-bond acceptors (Lipinski definition) is 5. The Morgan fingerprint density at radius 3 is 2.73 bits per heavy atom. The van der Waals surface area contributed by atoms with Crippen LogP contribution < -0.4 is 14.8 Å². The van der Waals surface area contributed by atoms with E-state index in [1.54, 1.807) is 11.6 Å². The van der Waals surface area contributed by atoms with Crippen LogP contribution in [-0.4, -0.2) is 48.4 Å². The van der Waals surface area contributed by atoms with E-state index < -0.39 is 16.1 Å². The van der Waals surface area contributed by atoms with Crippen molar-refractivity contribution in [2.24, 2.45) is 7.05 Å². The number of fused-ring (bicyclic) bond motifs is 1. The third-order valence-corrected chi connectivity index (χ3v) is 7.01. The molecule has 174 valence electrons. The lowest BCUT2D eigenvalue weighted by Gasteiger charge is -2.21. The molecule has 0 saturated heterocycles. The second-order valence-electron chi connectivity index (χ2n) is 8.04. The Labute approximate surface area is 192 Å². The summed E-state index contributed by atoms with van der Waals surface area (Å²) in [5.41, 5.74) is 3.25. The van der Waals surface area contributed by atoms with Crippen molar-refractivity contribution in [1.82, 2.24) is 19.6 Å². The molecule has 2 unspecified atom stereocenters. The van der Waals surface area contributed by atoms with Crippen molar-refractivity contribution in [3.63, 3.8) is 0 Å². The Hall–Kier alpha value is -3.37. The van der Waals surface area contributed by atoms with Crippen LogP contribution in [0.15, 0.2) is 66.1 Å². The minimum Gasteiger partial charge on any atom is -0.492 e. The Balaban J connectivity index is 1.42. The van der Waals surface area contributed by atoms with E-state index in [1.807, 2.05) is 48.5 Å². The van der Waals surface area contributed by atoms with Crippen LogP contribution in [0.1, 0.15) is 22.6 Å². The molecule has 0 spiro atoms. The molecule has 1 heterocycles. The molecule has 0 radical (unpaired) electrons.